The average Bonchev–Trinajstić information content (AvgIpc) is 3.40. The van der Waals surface area contributed by atoms with E-state index in [0.717, 1.165) is 40.4 Å². The predicted octanol–water partition coefficient (Wildman–Crippen LogP) is 1.54. The molecule has 2 aliphatic rings. The van der Waals surface area contributed by atoms with Crippen LogP contribution in [0.2, 0.25) is 0 Å². The summed E-state index contributed by atoms with van der Waals surface area (Å²) in [4.78, 5) is 4.62. The second kappa shape index (κ2) is 6.59. The van der Waals surface area contributed by atoms with Gasteiger partial charge in [-0.1, -0.05) is 30.3 Å². The Balaban J connectivity index is 1.85. The van der Waals surface area contributed by atoms with E-state index in [1.165, 1.54) is 0 Å². The maximum absolute atomic E-state index is 12.7. The zero-order chi connectivity index (χ0) is 19.3. The molecule has 28 heavy (non-hydrogen) atoms. The highest BCUT2D eigenvalue weighted by molar-refractivity contribution is 7.89. The van der Waals surface area contributed by atoms with Gasteiger partial charge in [0.1, 0.15) is 6.17 Å². The lowest BCUT2D eigenvalue weighted by atomic mass is 9.92. The van der Waals surface area contributed by atoms with Gasteiger partial charge in [-0.05, 0) is 47.6 Å². The van der Waals surface area contributed by atoms with E-state index in [4.69, 9.17) is 5.14 Å². The third-order valence-corrected chi connectivity index (χ3v) is 6.27. The van der Waals surface area contributed by atoms with Crippen molar-refractivity contribution >= 4 is 20.9 Å². The van der Waals surface area contributed by atoms with Crippen molar-refractivity contribution in [1.29, 1.82) is 0 Å². The van der Waals surface area contributed by atoms with Crippen LogP contribution >= 0.6 is 0 Å². The molecule has 3 aromatic rings. The molecule has 0 radical (unpaired) electrons. The molecule has 1 aliphatic carbocycles. The number of nitrogens with zero attached hydrogens (tertiary/aromatic N) is 1. The summed E-state index contributed by atoms with van der Waals surface area (Å²) >= 11 is 0. The van der Waals surface area contributed by atoms with E-state index in [2.05, 4.69) is 26.9 Å². The Morgan fingerprint density at radius 1 is 0.964 bits per heavy atom. The summed E-state index contributed by atoms with van der Waals surface area (Å²) in [5, 5.41) is 6.66. The summed E-state index contributed by atoms with van der Waals surface area (Å²) < 4.78 is 25.4. The van der Waals surface area contributed by atoms with Gasteiger partial charge in [0.25, 0.3) is 0 Å². The van der Waals surface area contributed by atoms with Crippen LogP contribution in [0.4, 0.5) is 0 Å². The molecule has 0 unspecified atom stereocenters. The number of primary sulfonamides is 1. The lowest BCUT2D eigenvalue weighted by molar-refractivity contribution is 0.539. The molecule has 1 aliphatic heterocycles. The largest absolute Gasteiger partial charge is 0.256 e. The van der Waals surface area contributed by atoms with Crippen LogP contribution in [0, 0.1) is 0 Å². The fourth-order valence-electron chi connectivity index (χ4n) is 3.91. The number of rotatable bonds is 4. The van der Waals surface area contributed by atoms with Gasteiger partial charge in [0.15, 0.2) is 0 Å². The van der Waals surface area contributed by atoms with E-state index in [1.54, 1.807) is 6.20 Å². The van der Waals surface area contributed by atoms with Gasteiger partial charge in [0.05, 0.1) is 10.4 Å². The molecular weight excluding hydrogens is 376 g/mol. The van der Waals surface area contributed by atoms with Gasteiger partial charge in [-0.25, -0.2) is 24.4 Å². The monoisotopic (exact) mass is 396 g/mol. The summed E-state index contributed by atoms with van der Waals surface area (Å²) in [7, 11) is -3.94. The molecule has 9 heteroatoms. The fourth-order valence-corrected chi connectivity index (χ4v) is 5.00. The minimum Gasteiger partial charge on any atom is -0.256 e. The van der Waals surface area contributed by atoms with Crippen molar-refractivity contribution in [3.05, 3.63) is 59.8 Å². The van der Waals surface area contributed by atoms with Crippen LogP contribution in [-0.2, 0) is 10.0 Å². The van der Waals surface area contributed by atoms with Gasteiger partial charge >= 0.3 is 0 Å². The van der Waals surface area contributed by atoms with Crippen molar-refractivity contribution in [2.45, 2.75) is 29.8 Å². The quantitative estimate of drug-likeness (QED) is 0.454. The van der Waals surface area contributed by atoms with Gasteiger partial charge in [0.2, 0.25) is 10.0 Å². The summed E-state index contributed by atoms with van der Waals surface area (Å²) in [5.74, 6) is 0.234. The van der Waals surface area contributed by atoms with Crippen molar-refractivity contribution in [3.63, 3.8) is 0 Å². The molecule has 1 aromatic heterocycles. The first-order valence-electron chi connectivity index (χ1n) is 9.09. The first-order valence-corrected chi connectivity index (χ1v) is 10.6. The highest BCUT2D eigenvalue weighted by Gasteiger charge is 2.35. The molecule has 144 valence electrons. The van der Waals surface area contributed by atoms with Crippen LogP contribution in [0.3, 0.4) is 0 Å². The minimum atomic E-state index is -3.94. The van der Waals surface area contributed by atoms with Crippen LogP contribution in [0.5, 0.6) is 0 Å². The van der Waals surface area contributed by atoms with E-state index < -0.39 is 16.2 Å². The standard InChI is InChI=1S/C19H20N6O2S/c20-28(26,27)18-12(11-6-7-11)8-9-15(17(18)19-22-24-25-23-19)13-3-1-5-16-14(13)4-2-10-21-16/h1-5,8-11,19,22-25H,6-7H2,(H2,20,26,27). The number of benzene rings is 2. The Hall–Kier alpha value is -2.40. The normalized spacial score (nSPS) is 18.0. The van der Waals surface area contributed by atoms with E-state index in [1.807, 2.05) is 42.5 Å². The van der Waals surface area contributed by atoms with Crippen LogP contribution in [-0.4, -0.2) is 13.4 Å². The Labute approximate surface area is 162 Å². The lowest BCUT2D eigenvalue weighted by Crippen LogP contribution is -2.33. The zero-order valence-electron chi connectivity index (χ0n) is 14.9. The number of hydrogen-bond acceptors (Lipinski definition) is 7. The second-order valence-corrected chi connectivity index (χ2v) is 8.61. The SMILES string of the molecule is NS(=O)(=O)c1c(C2CC2)ccc(-c2cccc3ncccc23)c1C1NNNN1. The van der Waals surface area contributed by atoms with Crippen molar-refractivity contribution in [1.82, 2.24) is 26.9 Å². The Morgan fingerprint density at radius 2 is 1.75 bits per heavy atom. The number of nitrogens with one attached hydrogen (secondary N) is 4. The smallest absolute Gasteiger partial charge is 0.238 e. The Bertz CT molecular complexity index is 1170. The number of hydrogen-bond donors (Lipinski definition) is 5. The maximum atomic E-state index is 12.7. The molecule has 1 saturated heterocycles. The highest BCUT2D eigenvalue weighted by Crippen LogP contribution is 2.46. The topological polar surface area (TPSA) is 121 Å². The molecule has 5 rings (SSSR count). The third kappa shape index (κ3) is 2.98. The predicted molar refractivity (Wildman–Crippen MR) is 106 cm³/mol. The van der Waals surface area contributed by atoms with Gasteiger partial charge < -0.3 is 0 Å². The van der Waals surface area contributed by atoms with Gasteiger partial charge in [0, 0.05) is 17.1 Å². The summed E-state index contributed by atoms with van der Waals surface area (Å²) in [5.41, 5.74) is 15.5. The fraction of sp³-hybridized carbons (Fsp3) is 0.211. The average molecular weight is 396 g/mol. The Kier molecular flexibility index (Phi) is 4.16. The third-order valence-electron chi connectivity index (χ3n) is 5.25. The second-order valence-electron chi connectivity index (χ2n) is 7.11. The van der Waals surface area contributed by atoms with Crippen LogP contribution in [0.1, 0.15) is 36.1 Å². The molecule has 2 aromatic carbocycles. The summed E-state index contributed by atoms with van der Waals surface area (Å²) in [6.07, 6.45) is 3.21. The molecule has 8 nitrogen and oxygen atoms in total. The van der Waals surface area contributed by atoms with Crippen molar-refractivity contribution in [2.75, 3.05) is 0 Å². The van der Waals surface area contributed by atoms with Gasteiger partial charge in [-0.2, -0.15) is 11.1 Å². The van der Waals surface area contributed by atoms with E-state index in [0.29, 0.717) is 5.56 Å². The molecule has 1 saturated carbocycles. The van der Waals surface area contributed by atoms with Crippen LogP contribution in [0.25, 0.3) is 22.0 Å². The van der Waals surface area contributed by atoms with E-state index in [9.17, 15) is 8.42 Å². The highest BCUT2D eigenvalue weighted by atomic mass is 32.2. The molecular formula is C19H20N6O2S. The number of fused-ring (bicyclic) bond motifs is 1. The molecule has 2 fully saturated rings. The number of nitrogens with two attached hydrogens (primary N) is 1. The number of sulfonamides is 1. The van der Waals surface area contributed by atoms with Crippen molar-refractivity contribution in [3.8, 4) is 11.1 Å². The van der Waals surface area contributed by atoms with Crippen LogP contribution < -0.4 is 27.1 Å². The first kappa shape index (κ1) is 17.7. The van der Waals surface area contributed by atoms with E-state index >= 15 is 0 Å². The number of hydrazine groups is 3. The summed E-state index contributed by atoms with van der Waals surface area (Å²) in [6, 6.07) is 13.6. The molecule has 6 N–H and O–H groups in total. The van der Waals surface area contributed by atoms with E-state index in [-0.39, 0.29) is 10.8 Å². The molecule has 0 bridgehead atoms. The molecule has 0 spiro atoms. The van der Waals surface area contributed by atoms with Crippen LogP contribution in [0.15, 0.2) is 53.6 Å². The van der Waals surface area contributed by atoms with Gasteiger partial charge in [-0.15, -0.1) is 0 Å². The van der Waals surface area contributed by atoms with Crippen molar-refractivity contribution < 1.29 is 8.42 Å². The molecule has 0 amide bonds. The van der Waals surface area contributed by atoms with Gasteiger partial charge in [-0.3, -0.25) is 4.98 Å². The lowest BCUT2D eigenvalue weighted by Gasteiger charge is -2.22. The first-order chi connectivity index (χ1) is 13.5. The Morgan fingerprint density at radius 3 is 2.46 bits per heavy atom. The van der Waals surface area contributed by atoms with Crippen molar-refractivity contribution in [2.24, 2.45) is 5.14 Å². The zero-order valence-corrected chi connectivity index (χ0v) is 15.8. The number of pyridine rings is 1. The molecule has 0 atom stereocenters. The maximum Gasteiger partial charge on any atom is 0.238 e. The minimum absolute atomic E-state index is 0.198. The number of aromatic nitrogens is 1. The molecule has 2 heterocycles. The summed E-state index contributed by atoms with van der Waals surface area (Å²) in [6.45, 7) is 0.